The van der Waals surface area contributed by atoms with Crippen LogP contribution in [-0.2, 0) is 0 Å². The second-order valence-corrected chi connectivity index (χ2v) is 24.0. The zero-order valence-electron chi connectivity index (χ0n) is 48.1. The molecule has 16 aromatic rings. The lowest BCUT2D eigenvalue weighted by Gasteiger charge is -2.45. The number of hydrogen-bond acceptors (Lipinski definition) is 6. The van der Waals surface area contributed by atoms with Crippen molar-refractivity contribution in [3.8, 4) is 73.2 Å². The molecule has 0 saturated heterocycles. The SMILES string of the molecule is c1ccc(-c2nc(-c3ccccc3)nc(-c3cccc(-c4cccc(-c5cccc(-c6ccc7c8c6N(c6ccccc6)c6ccccc6B8c6ccccc6N7c6ccccc6)c5)c4)c3-n3c4ccccc4c4c5sc6ccccc6c5ccc43)n2)cc1. The van der Waals surface area contributed by atoms with E-state index in [-0.39, 0.29) is 6.71 Å². The van der Waals surface area contributed by atoms with Gasteiger partial charge in [0.1, 0.15) is 0 Å². The van der Waals surface area contributed by atoms with Gasteiger partial charge in [-0.15, -0.1) is 11.3 Å². The van der Waals surface area contributed by atoms with Crippen molar-refractivity contribution in [2.75, 3.05) is 9.80 Å². The molecular weight excluding hydrogens is 1100 g/mol. The minimum Gasteiger partial charge on any atom is -0.311 e. The van der Waals surface area contributed by atoms with Gasteiger partial charge < -0.3 is 14.4 Å². The van der Waals surface area contributed by atoms with Crippen LogP contribution >= 0.6 is 11.3 Å². The summed E-state index contributed by atoms with van der Waals surface area (Å²) in [6, 6.07) is 112. The quantitative estimate of drug-likeness (QED) is 0.135. The van der Waals surface area contributed by atoms with Crippen LogP contribution < -0.4 is 26.2 Å². The third-order valence-corrected chi connectivity index (χ3v) is 19.2. The van der Waals surface area contributed by atoms with E-state index in [2.05, 4.69) is 287 Å². The van der Waals surface area contributed by atoms with Gasteiger partial charge in [0, 0.05) is 87.2 Å². The first kappa shape index (κ1) is 50.8. The Kier molecular flexibility index (Phi) is 11.8. The van der Waals surface area contributed by atoms with E-state index in [0.29, 0.717) is 17.5 Å². The van der Waals surface area contributed by atoms with Gasteiger partial charge in [0.15, 0.2) is 17.5 Å². The fourth-order valence-corrected chi connectivity index (χ4v) is 15.4. The molecule has 13 aromatic carbocycles. The molecule has 0 fully saturated rings. The molecule has 0 unspecified atom stereocenters. The van der Waals surface area contributed by atoms with E-state index in [9.17, 15) is 0 Å². The summed E-state index contributed by atoms with van der Waals surface area (Å²) in [5.41, 5.74) is 23.4. The summed E-state index contributed by atoms with van der Waals surface area (Å²) in [5.74, 6) is 1.81. The molecule has 0 radical (unpaired) electrons. The molecule has 18 rings (SSSR count). The molecule has 6 nitrogen and oxygen atoms in total. The Bertz CT molecular complexity index is 5400. The highest BCUT2D eigenvalue weighted by Crippen LogP contribution is 2.50. The van der Waals surface area contributed by atoms with Gasteiger partial charge in [-0.2, -0.15) is 0 Å². The maximum atomic E-state index is 5.43. The molecular formula is C81H51BN6S. The standard InChI is InChI=1S/C81H51BN6S/c1-5-24-52(25-6-1)79-83-80(53-26-7-2-8-27-53)85-81(84-79)65-39-23-38-60(76(65)88-68-42-17-13-37-64(68)74-71(88)48-47-63-62-36-14-20-45-73(62)89-78(63)74)56-30-21-28-54(50-56)55-29-22-31-57(51-55)61-46-49-72-75-77(61)87(59-34-11-4-12-35-59)70-44-19-16-41-67(70)82(75)66-40-15-18-43-69(66)86(72)58-32-9-3-10-33-58/h1-51H. The second kappa shape index (κ2) is 20.6. The minimum absolute atomic E-state index is 0.00462. The predicted molar refractivity (Wildman–Crippen MR) is 374 cm³/mol. The van der Waals surface area contributed by atoms with Crippen molar-refractivity contribution in [2.24, 2.45) is 0 Å². The Morgan fingerprint density at radius 1 is 0.303 bits per heavy atom. The largest absolute Gasteiger partial charge is 0.311 e. The van der Waals surface area contributed by atoms with Crippen LogP contribution in [0.2, 0.25) is 0 Å². The van der Waals surface area contributed by atoms with Gasteiger partial charge in [-0.05, 0) is 118 Å². The Hall–Kier alpha value is -11.4. The number of thiophene rings is 1. The Labute approximate surface area is 519 Å². The monoisotopic (exact) mass is 1150 g/mol. The molecule has 2 aliphatic rings. The zero-order chi connectivity index (χ0) is 58.5. The first-order valence-corrected chi connectivity index (χ1v) is 31.1. The summed E-state index contributed by atoms with van der Waals surface area (Å²) < 4.78 is 5.02. The molecule has 0 aliphatic carbocycles. The maximum absolute atomic E-state index is 5.43. The molecule has 0 N–H and O–H groups in total. The number of benzene rings is 13. The molecule has 5 heterocycles. The van der Waals surface area contributed by atoms with Crippen molar-refractivity contribution in [3.63, 3.8) is 0 Å². The lowest BCUT2D eigenvalue weighted by atomic mass is 9.33. The van der Waals surface area contributed by atoms with Gasteiger partial charge in [0.2, 0.25) is 0 Å². The Balaban J connectivity index is 0.854. The van der Waals surface area contributed by atoms with Gasteiger partial charge in [-0.1, -0.05) is 231 Å². The third kappa shape index (κ3) is 8.15. The molecule has 0 atom stereocenters. The summed E-state index contributed by atoms with van der Waals surface area (Å²) >= 11 is 1.87. The number of rotatable bonds is 9. The van der Waals surface area contributed by atoms with Crippen molar-refractivity contribution >= 4 is 111 Å². The van der Waals surface area contributed by atoms with Gasteiger partial charge in [-0.25, -0.2) is 15.0 Å². The van der Waals surface area contributed by atoms with E-state index < -0.39 is 0 Å². The molecule has 89 heavy (non-hydrogen) atoms. The number of fused-ring (bicyclic) bond motifs is 11. The topological polar surface area (TPSA) is 50.1 Å². The molecule has 3 aromatic heterocycles. The van der Waals surface area contributed by atoms with E-state index >= 15 is 0 Å². The third-order valence-electron chi connectivity index (χ3n) is 18.0. The van der Waals surface area contributed by atoms with Crippen molar-refractivity contribution in [3.05, 3.63) is 309 Å². The van der Waals surface area contributed by atoms with Crippen molar-refractivity contribution in [1.82, 2.24) is 19.5 Å². The summed E-state index contributed by atoms with van der Waals surface area (Å²) in [6.45, 7) is -0.00462. The van der Waals surface area contributed by atoms with Crippen LogP contribution in [0.1, 0.15) is 0 Å². The second-order valence-electron chi connectivity index (χ2n) is 23.0. The highest BCUT2D eigenvalue weighted by atomic mass is 32.1. The number of para-hydroxylation sites is 6. The van der Waals surface area contributed by atoms with Crippen LogP contribution in [0.3, 0.4) is 0 Å². The molecule has 0 bridgehead atoms. The van der Waals surface area contributed by atoms with Gasteiger partial charge >= 0.3 is 0 Å². The smallest absolute Gasteiger partial charge is 0.252 e. The highest BCUT2D eigenvalue weighted by Gasteiger charge is 2.44. The van der Waals surface area contributed by atoms with Gasteiger partial charge in [0.05, 0.1) is 22.4 Å². The number of anilines is 6. The van der Waals surface area contributed by atoms with Crippen LogP contribution in [0.25, 0.3) is 115 Å². The van der Waals surface area contributed by atoms with Crippen LogP contribution in [-0.4, -0.2) is 26.2 Å². The van der Waals surface area contributed by atoms with E-state index in [0.717, 1.165) is 78.2 Å². The van der Waals surface area contributed by atoms with E-state index in [1.54, 1.807) is 0 Å². The lowest BCUT2D eigenvalue weighted by molar-refractivity contribution is 1.06. The number of aromatic nitrogens is 4. The summed E-state index contributed by atoms with van der Waals surface area (Å²) in [4.78, 5) is 21.0. The summed E-state index contributed by atoms with van der Waals surface area (Å²) in [5, 5.41) is 4.96. The first-order chi connectivity index (χ1) is 44.2. The minimum atomic E-state index is -0.00462. The van der Waals surface area contributed by atoms with Crippen molar-refractivity contribution in [1.29, 1.82) is 0 Å². The Morgan fingerprint density at radius 2 is 0.798 bits per heavy atom. The van der Waals surface area contributed by atoms with Crippen LogP contribution in [0.5, 0.6) is 0 Å². The highest BCUT2D eigenvalue weighted by molar-refractivity contribution is 7.26. The summed E-state index contributed by atoms with van der Waals surface area (Å²) in [6.07, 6.45) is 0. The fraction of sp³-hybridized carbons (Fsp3) is 0. The zero-order valence-corrected chi connectivity index (χ0v) is 48.9. The summed E-state index contributed by atoms with van der Waals surface area (Å²) in [7, 11) is 0. The molecule has 0 amide bonds. The fourth-order valence-electron chi connectivity index (χ4n) is 14.2. The van der Waals surface area contributed by atoms with Crippen molar-refractivity contribution < 1.29 is 0 Å². The van der Waals surface area contributed by atoms with Crippen LogP contribution in [0.15, 0.2) is 309 Å². The number of nitrogens with zero attached hydrogens (tertiary/aromatic N) is 6. The lowest BCUT2D eigenvalue weighted by Crippen LogP contribution is -2.61. The molecule has 2 aliphatic heterocycles. The number of hydrogen-bond donors (Lipinski definition) is 0. The van der Waals surface area contributed by atoms with Crippen LogP contribution in [0.4, 0.5) is 34.1 Å². The molecule has 0 spiro atoms. The normalized spacial score (nSPS) is 12.4. The van der Waals surface area contributed by atoms with Crippen molar-refractivity contribution in [2.45, 2.75) is 0 Å². The van der Waals surface area contributed by atoms with E-state index in [4.69, 9.17) is 15.0 Å². The van der Waals surface area contributed by atoms with Crippen LogP contribution in [0, 0.1) is 0 Å². The van der Waals surface area contributed by atoms with Gasteiger partial charge in [-0.3, -0.25) is 0 Å². The molecule has 414 valence electrons. The first-order valence-electron chi connectivity index (χ1n) is 30.3. The average Bonchev–Trinajstić information content (AvgIpc) is 1.67. The maximum Gasteiger partial charge on any atom is 0.252 e. The van der Waals surface area contributed by atoms with Gasteiger partial charge in [0.25, 0.3) is 6.71 Å². The Morgan fingerprint density at radius 3 is 1.46 bits per heavy atom. The molecule has 8 heteroatoms. The average molecular weight is 1150 g/mol. The van der Waals surface area contributed by atoms with E-state index in [1.807, 2.05) is 47.7 Å². The van der Waals surface area contributed by atoms with E-state index in [1.165, 1.54) is 70.1 Å². The predicted octanol–water partition coefficient (Wildman–Crippen LogP) is 19.4. The molecule has 0 saturated carbocycles.